The highest BCUT2D eigenvalue weighted by atomic mass is 19.3. The second-order valence-electron chi connectivity index (χ2n) is 4.74. The molecule has 6 heteroatoms. The molecule has 2 amide bonds. The van der Waals surface area contributed by atoms with Gasteiger partial charge in [-0.05, 0) is 31.9 Å². The molecule has 112 valence electrons. The first-order valence-electron chi connectivity index (χ1n) is 6.56. The first kappa shape index (κ1) is 16.3. The number of carbonyl (C=O) groups is 1. The molecule has 0 saturated carbocycles. The summed E-state index contributed by atoms with van der Waals surface area (Å²) >= 11 is 0. The van der Waals surface area contributed by atoms with Crippen LogP contribution in [0, 0.1) is 5.82 Å². The Hall–Kier alpha value is -1.72. The fourth-order valence-corrected chi connectivity index (χ4v) is 1.67. The van der Waals surface area contributed by atoms with E-state index in [0.29, 0.717) is 25.8 Å². The van der Waals surface area contributed by atoms with Gasteiger partial charge in [-0.2, -0.15) is 0 Å². The number of halogens is 3. The summed E-state index contributed by atoms with van der Waals surface area (Å²) in [4.78, 5) is 11.4. The molecule has 20 heavy (non-hydrogen) atoms. The van der Waals surface area contributed by atoms with Gasteiger partial charge in [-0.25, -0.2) is 18.0 Å². The van der Waals surface area contributed by atoms with Gasteiger partial charge in [0.1, 0.15) is 5.82 Å². The molecule has 2 N–H and O–H groups in total. The fourth-order valence-electron chi connectivity index (χ4n) is 1.67. The van der Waals surface area contributed by atoms with Gasteiger partial charge in [-0.3, -0.25) is 0 Å². The molecule has 0 aliphatic rings. The van der Waals surface area contributed by atoms with Crippen LogP contribution in [0.4, 0.5) is 23.7 Å². The van der Waals surface area contributed by atoms with E-state index < -0.39 is 17.8 Å². The minimum atomic E-state index is -2.63. The van der Waals surface area contributed by atoms with Crippen molar-refractivity contribution in [2.24, 2.45) is 0 Å². The predicted octanol–water partition coefficient (Wildman–Crippen LogP) is 4.16. The molecule has 0 unspecified atom stereocenters. The van der Waals surface area contributed by atoms with E-state index in [-0.39, 0.29) is 12.1 Å². The monoisotopic (exact) mass is 288 g/mol. The van der Waals surface area contributed by atoms with Crippen molar-refractivity contribution in [2.45, 2.75) is 38.5 Å². The molecule has 0 saturated heterocycles. The minimum Gasteiger partial charge on any atom is -0.338 e. The molecule has 0 aromatic heterocycles. The maximum atomic E-state index is 13.2. The smallest absolute Gasteiger partial charge is 0.319 e. The first-order valence-corrected chi connectivity index (χ1v) is 6.56. The Bertz CT molecular complexity index is 433. The van der Waals surface area contributed by atoms with Crippen molar-refractivity contribution in [2.75, 3.05) is 11.9 Å². The predicted molar refractivity (Wildman–Crippen MR) is 72.5 cm³/mol. The summed E-state index contributed by atoms with van der Waals surface area (Å²) in [5, 5.41) is 4.93. The van der Waals surface area contributed by atoms with Gasteiger partial charge in [0.15, 0.2) is 0 Å². The van der Waals surface area contributed by atoms with E-state index in [4.69, 9.17) is 0 Å². The van der Waals surface area contributed by atoms with Crippen molar-refractivity contribution >= 4 is 11.7 Å². The number of unbranched alkanes of at least 4 members (excludes halogenated alkanes) is 2. The highest BCUT2D eigenvalue weighted by Crippen LogP contribution is 2.20. The molecular formula is C14H19F3N2O. The molecule has 1 rings (SSSR count). The molecule has 1 aromatic rings. The van der Waals surface area contributed by atoms with Crippen LogP contribution in [0.15, 0.2) is 24.3 Å². The van der Waals surface area contributed by atoms with Crippen molar-refractivity contribution < 1.29 is 18.0 Å². The molecule has 3 nitrogen and oxygen atoms in total. The van der Waals surface area contributed by atoms with Crippen LogP contribution >= 0.6 is 0 Å². The molecule has 0 aliphatic heterocycles. The second kappa shape index (κ2) is 7.77. The van der Waals surface area contributed by atoms with Crippen LogP contribution in [0.3, 0.4) is 0 Å². The Morgan fingerprint density at radius 1 is 1.20 bits per heavy atom. The molecular weight excluding hydrogens is 269 g/mol. The van der Waals surface area contributed by atoms with Crippen LogP contribution < -0.4 is 10.6 Å². The summed E-state index contributed by atoms with van der Waals surface area (Å²) in [6.45, 7) is 1.27. The van der Waals surface area contributed by atoms with Crippen LogP contribution in [-0.2, 0) is 0 Å². The van der Waals surface area contributed by atoms with Gasteiger partial charge >= 0.3 is 6.03 Å². The third-order valence-electron chi connectivity index (χ3n) is 2.70. The molecule has 0 spiro atoms. The lowest BCUT2D eigenvalue weighted by atomic mass is 10.1. The summed E-state index contributed by atoms with van der Waals surface area (Å²) in [6, 6.07) is 5.35. The Morgan fingerprint density at radius 3 is 2.55 bits per heavy atom. The molecule has 0 atom stereocenters. The van der Waals surface area contributed by atoms with Crippen LogP contribution in [0.1, 0.15) is 32.6 Å². The molecule has 0 bridgehead atoms. The second-order valence-corrected chi connectivity index (χ2v) is 4.74. The van der Waals surface area contributed by atoms with Crippen molar-refractivity contribution in [3.8, 4) is 0 Å². The van der Waals surface area contributed by atoms with Gasteiger partial charge in [0.05, 0.1) is 5.69 Å². The summed E-state index contributed by atoms with van der Waals surface area (Å²) in [7, 11) is 0. The molecule has 1 aromatic carbocycles. The van der Waals surface area contributed by atoms with Gasteiger partial charge in [-0.15, -0.1) is 0 Å². The van der Waals surface area contributed by atoms with Crippen molar-refractivity contribution in [1.29, 1.82) is 0 Å². The lowest BCUT2D eigenvalue weighted by Gasteiger charge is -2.10. The zero-order valence-electron chi connectivity index (χ0n) is 11.4. The fraction of sp³-hybridized carbons (Fsp3) is 0.500. The van der Waals surface area contributed by atoms with E-state index in [0.717, 1.165) is 6.92 Å². The molecule has 0 aliphatic carbocycles. The normalized spacial score (nSPS) is 11.2. The molecule has 0 radical (unpaired) electrons. The average molecular weight is 288 g/mol. The number of urea groups is 1. The van der Waals surface area contributed by atoms with Crippen LogP contribution in [0.25, 0.3) is 0 Å². The lowest BCUT2D eigenvalue weighted by Crippen LogP contribution is -2.29. The molecule has 0 heterocycles. The highest BCUT2D eigenvalue weighted by Gasteiger charge is 2.19. The number of para-hydroxylation sites is 1. The number of rotatable bonds is 7. The van der Waals surface area contributed by atoms with Gasteiger partial charge < -0.3 is 10.6 Å². The van der Waals surface area contributed by atoms with E-state index >= 15 is 0 Å². The van der Waals surface area contributed by atoms with Crippen LogP contribution in [-0.4, -0.2) is 18.5 Å². The Morgan fingerprint density at radius 2 is 1.90 bits per heavy atom. The zero-order valence-corrected chi connectivity index (χ0v) is 11.4. The number of carbonyl (C=O) groups excluding carboxylic acids is 1. The summed E-state index contributed by atoms with van der Waals surface area (Å²) in [5.41, 5.74) is 0.107. The van der Waals surface area contributed by atoms with Crippen molar-refractivity contribution in [3.63, 3.8) is 0 Å². The quantitative estimate of drug-likeness (QED) is 0.727. The topological polar surface area (TPSA) is 41.1 Å². The van der Waals surface area contributed by atoms with Crippen molar-refractivity contribution in [1.82, 2.24) is 5.32 Å². The number of hydrogen-bond acceptors (Lipinski definition) is 1. The Kier molecular flexibility index (Phi) is 6.35. The SMILES string of the molecule is CC(F)(F)CCCCCNC(=O)Nc1ccccc1F. The largest absolute Gasteiger partial charge is 0.338 e. The summed E-state index contributed by atoms with van der Waals surface area (Å²) < 4.78 is 38.3. The van der Waals surface area contributed by atoms with E-state index in [1.165, 1.54) is 18.2 Å². The average Bonchev–Trinajstić information content (AvgIpc) is 2.35. The number of nitrogens with one attached hydrogen (secondary N) is 2. The number of anilines is 1. The maximum Gasteiger partial charge on any atom is 0.319 e. The molecule has 0 fully saturated rings. The van der Waals surface area contributed by atoms with E-state index in [1.807, 2.05) is 0 Å². The Labute approximate surface area is 116 Å². The Balaban J connectivity index is 2.14. The number of alkyl halides is 2. The third kappa shape index (κ3) is 7.01. The van der Waals surface area contributed by atoms with Gasteiger partial charge in [0, 0.05) is 13.0 Å². The number of hydrogen-bond donors (Lipinski definition) is 2. The minimum absolute atomic E-state index is 0.107. The highest BCUT2D eigenvalue weighted by molar-refractivity contribution is 5.89. The summed E-state index contributed by atoms with van der Waals surface area (Å²) in [5.74, 6) is -3.14. The van der Waals surface area contributed by atoms with Gasteiger partial charge in [0.25, 0.3) is 0 Å². The first-order chi connectivity index (χ1) is 9.38. The van der Waals surface area contributed by atoms with E-state index in [1.54, 1.807) is 6.07 Å². The van der Waals surface area contributed by atoms with Crippen LogP contribution in [0.2, 0.25) is 0 Å². The number of amides is 2. The van der Waals surface area contributed by atoms with Crippen LogP contribution in [0.5, 0.6) is 0 Å². The van der Waals surface area contributed by atoms with E-state index in [2.05, 4.69) is 10.6 Å². The maximum absolute atomic E-state index is 13.2. The van der Waals surface area contributed by atoms with Gasteiger partial charge in [0.2, 0.25) is 5.92 Å². The third-order valence-corrected chi connectivity index (χ3v) is 2.70. The summed E-state index contributed by atoms with van der Waals surface area (Å²) in [6.07, 6.45) is 1.50. The van der Waals surface area contributed by atoms with E-state index in [9.17, 15) is 18.0 Å². The van der Waals surface area contributed by atoms with Crippen molar-refractivity contribution in [3.05, 3.63) is 30.1 Å². The standard InChI is InChI=1S/C14H19F3N2O/c1-14(16,17)9-5-2-6-10-18-13(20)19-12-8-4-3-7-11(12)15/h3-4,7-8H,2,5-6,9-10H2,1H3,(H2,18,19,20). The van der Waals surface area contributed by atoms with Gasteiger partial charge in [-0.1, -0.05) is 18.6 Å². The number of benzene rings is 1. The lowest BCUT2D eigenvalue weighted by molar-refractivity contribution is 0.0104. The zero-order chi connectivity index (χ0) is 15.0.